The number of amides is 1. The first-order valence-electron chi connectivity index (χ1n) is 6.68. The molecule has 2 aromatic rings. The fourth-order valence-corrected chi connectivity index (χ4v) is 2.99. The maximum absolute atomic E-state index is 11.7. The second kappa shape index (κ2) is 7.38. The quantitative estimate of drug-likeness (QED) is 0.847. The van der Waals surface area contributed by atoms with Gasteiger partial charge < -0.3 is 10.1 Å². The topological polar surface area (TPSA) is 68.3 Å². The van der Waals surface area contributed by atoms with Gasteiger partial charge in [0, 0.05) is 22.4 Å². The largest absolute Gasteiger partial charge is 0.466 e. The zero-order valence-corrected chi connectivity index (χ0v) is 13.8. The lowest BCUT2D eigenvalue weighted by molar-refractivity contribution is -0.142. The number of thiazole rings is 1. The first-order valence-corrected chi connectivity index (χ1v) is 7.88. The molecule has 1 aromatic carbocycles. The van der Waals surface area contributed by atoms with Crippen LogP contribution in [0.15, 0.2) is 24.3 Å². The molecule has 0 unspecified atom stereocenters. The zero-order valence-electron chi connectivity index (χ0n) is 12.2. The van der Waals surface area contributed by atoms with Crippen LogP contribution in [0.2, 0.25) is 5.02 Å². The smallest absolute Gasteiger partial charge is 0.311 e. The lowest BCUT2D eigenvalue weighted by atomic mass is 10.1. The lowest BCUT2D eigenvalue weighted by Crippen LogP contribution is -2.07. The van der Waals surface area contributed by atoms with E-state index in [1.807, 2.05) is 12.1 Å². The molecular weight excluding hydrogens is 324 g/mol. The van der Waals surface area contributed by atoms with Gasteiger partial charge in [0.15, 0.2) is 5.13 Å². The number of hydrogen-bond acceptors (Lipinski definition) is 5. The standard InChI is InChI=1S/C15H15ClN2O3S/c1-3-21-13(20)8-12-14(10-4-6-11(16)7-5-10)18-15(22-12)17-9(2)19/h4-7H,3,8H2,1-2H3,(H,17,18,19). The fraction of sp³-hybridized carbons (Fsp3) is 0.267. The van der Waals surface area contributed by atoms with E-state index < -0.39 is 0 Å². The molecule has 0 aliphatic heterocycles. The van der Waals surface area contributed by atoms with Gasteiger partial charge in [0.05, 0.1) is 18.7 Å². The van der Waals surface area contributed by atoms with Crippen molar-refractivity contribution >= 4 is 39.9 Å². The highest BCUT2D eigenvalue weighted by Gasteiger charge is 2.17. The molecule has 5 nitrogen and oxygen atoms in total. The van der Waals surface area contributed by atoms with Crippen LogP contribution in [-0.2, 0) is 20.7 Å². The molecule has 0 fully saturated rings. The minimum atomic E-state index is -0.323. The molecule has 0 aliphatic carbocycles. The summed E-state index contributed by atoms with van der Waals surface area (Å²) in [6, 6.07) is 7.15. The predicted molar refractivity (Wildman–Crippen MR) is 87.2 cm³/mol. The molecule has 1 amide bonds. The molecule has 0 radical (unpaired) electrons. The highest BCUT2D eigenvalue weighted by Crippen LogP contribution is 2.32. The van der Waals surface area contributed by atoms with Crippen molar-refractivity contribution in [2.45, 2.75) is 20.3 Å². The van der Waals surface area contributed by atoms with Gasteiger partial charge in [-0.25, -0.2) is 4.98 Å². The summed E-state index contributed by atoms with van der Waals surface area (Å²) in [6.45, 7) is 3.49. The van der Waals surface area contributed by atoms with Crippen LogP contribution in [0.1, 0.15) is 18.7 Å². The molecule has 1 heterocycles. The van der Waals surface area contributed by atoms with Crippen LogP contribution in [0.3, 0.4) is 0 Å². The highest BCUT2D eigenvalue weighted by molar-refractivity contribution is 7.16. The molecule has 0 bridgehead atoms. The normalized spacial score (nSPS) is 10.3. The van der Waals surface area contributed by atoms with Crippen molar-refractivity contribution in [3.8, 4) is 11.3 Å². The average molecular weight is 339 g/mol. The Morgan fingerprint density at radius 2 is 2.00 bits per heavy atom. The number of carbonyl (C=O) groups is 2. The maximum Gasteiger partial charge on any atom is 0.311 e. The summed E-state index contributed by atoms with van der Waals surface area (Å²) in [5.74, 6) is -0.533. The van der Waals surface area contributed by atoms with Gasteiger partial charge in [-0.3, -0.25) is 9.59 Å². The number of nitrogens with one attached hydrogen (secondary N) is 1. The molecule has 2 rings (SSSR count). The van der Waals surface area contributed by atoms with Crippen molar-refractivity contribution in [2.75, 3.05) is 11.9 Å². The Bertz CT molecular complexity index is 683. The van der Waals surface area contributed by atoms with E-state index in [1.54, 1.807) is 19.1 Å². The number of ether oxygens (including phenoxy) is 1. The third-order valence-electron chi connectivity index (χ3n) is 2.71. The summed E-state index contributed by atoms with van der Waals surface area (Å²) in [6.07, 6.45) is 0.114. The van der Waals surface area contributed by atoms with Gasteiger partial charge in [0.2, 0.25) is 5.91 Å². The first kappa shape index (κ1) is 16.5. The lowest BCUT2D eigenvalue weighted by Gasteiger charge is -2.03. The maximum atomic E-state index is 11.7. The van der Waals surface area contributed by atoms with Crippen LogP contribution in [0.4, 0.5) is 5.13 Å². The Kier molecular flexibility index (Phi) is 5.51. The Hall–Kier alpha value is -1.92. The van der Waals surface area contributed by atoms with Crippen molar-refractivity contribution in [2.24, 2.45) is 0 Å². The summed E-state index contributed by atoms with van der Waals surface area (Å²) in [7, 11) is 0. The number of hydrogen-bond donors (Lipinski definition) is 1. The summed E-state index contributed by atoms with van der Waals surface area (Å²) in [5.41, 5.74) is 1.48. The van der Waals surface area contributed by atoms with E-state index in [9.17, 15) is 9.59 Å². The van der Waals surface area contributed by atoms with E-state index in [-0.39, 0.29) is 18.3 Å². The van der Waals surface area contributed by atoms with Crippen LogP contribution < -0.4 is 5.32 Å². The van der Waals surface area contributed by atoms with Gasteiger partial charge in [0.25, 0.3) is 0 Å². The van der Waals surface area contributed by atoms with Crippen molar-refractivity contribution < 1.29 is 14.3 Å². The van der Waals surface area contributed by atoms with Gasteiger partial charge in [0.1, 0.15) is 0 Å². The van der Waals surface area contributed by atoms with Crippen LogP contribution >= 0.6 is 22.9 Å². The summed E-state index contributed by atoms with van der Waals surface area (Å²) >= 11 is 7.15. The molecular formula is C15H15ClN2O3S. The summed E-state index contributed by atoms with van der Waals surface area (Å²) < 4.78 is 4.98. The number of anilines is 1. The SMILES string of the molecule is CCOC(=O)Cc1sc(NC(C)=O)nc1-c1ccc(Cl)cc1. The van der Waals surface area contributed by atoms with Gasteiger partial charge in [-0.15, -0.1) is 11.3 Å². The monoisotopic (exact) mass is 338 g/mol. The number of rotatable bonds is 5. The predicted octanol–water partition coefficient (Wildman–Crippen LogP) is 3.53. The average Bonchev–Trinajstić information content (AvgIpc) is 2.81. The van der Waals surface area contributed by atoms with E-state index >= 15 is 0 Å². The second-order valence-corrected chi connectivity index (χ2v) is 5.98. The number of halogens is 1. The van der Waals surface area contributed by atoms with Gasteiger partial charge in [-0.05, 0) is 19.1 Å². The van der Waals surface area contributed by atoms with Gasteiger partial charge in [-0.2, -0.15) is 0 Å². The van der Waals surface area contributed by atoms with Gasteiger partial charge >= 0.3 is 5.97 Å². The van der Waals surface area contributed by atoms with Crippen molar-refractivity contribution in [3.05, 3.63) is 34.2 Å². The highest BCUT2D eigenvalue weighted by atomic mass is 35.5. The van der Waals surface area contributed by atoms with E-state index in [0.29, 0.717) is 22.5 Å². The third-order valence-corrected chi connectivity index (χ3v) is 3.93. The van der Waals surface area contributed by atoms with E-state index in [1.165, 1.54) is 18.3 Å². The third kappa shape index (κ3) is 4.29. The van der Waals surface area contributed by atoms with Crippen molar-refractivity contribution in [1.29, 1.82) is 0 Å². The minimum absolute atomic E-state index is 0.114. The molecule has 116 valence electrons. The van der Waals surface area contributed by atoms with Crippen LogP contribution in [0, 0.1) is 0 Å². The Morgan fingerprint density at radius 3 is 2.59 bits per heavy atom. The molecule has 1 N–H and O–H groups in total. The number of benzene rings is 1. The van der Waals surface area contributed by atoms with Crippen molar-refractivity contribution in [1.82, 2.24) is 4.98 Å². The first-order chi connectivity index (χ1) is 10.5. The van der Waals surface area contributed by atoms with Crippen molar-refractivity contribution in [3.63, 3.8) is 0 Å². The molecule has 0 spiro atoms. The Balaban J connectivity index is 2.36. The number of esters is 1. The molecule has 0 atom stereocenters. The number of carbonyl (C=O) groups excluding carboxylic acids is 2. The molecule has 0 saturated carbocycles. The van der Waals surface area contributed by atoms with E-state index in [4.69, 9.17) is 16.3 Å². The van der Waals surface area contributed by atoms with Crippen LogP contribution in [0.25, 0.3) is 11.3 Å². The Labute approximate surface area is 137 Å². The van der Waals surface area contributed by atoms with Crippen LogP contribution in [-0.4, -0.2) is 23.5 Å². The van der Waals surface area contributed by atoms with E-state index in [2.05, 4.69) is 10.3 Å². The molecule has 1 aromatic heterocycles. The van der Waals surface area contributed by atoms with Crippen LogP contribution in [0.5, 0.6) is 0 Å². The minimum Gasteiger partial charge on any atom is -0.466 e. The zero-order chi connectivity index (χ0) is 16.1. The number of aromatic nitrogens is 1. The summed E-state index contributed by atoms with van der Waals surface area (Å²) in [5, 5.41) is 3.72. The van der Waals surface area contributed by atoms with Gasteiger partial charge in [-0.1, -0.05) is 23.7 Å². The summed E-state index contributed by atoms with van der Waals surface area (Å²) in [4.78, 5) is 28.1. The molecule has 22 heavy (non-hydrogen) atoms. The second-order valence-electron chi connectivity index (χ2n) is 4.46. The Morgan fingerprint density at radius 1 is 1.32 bits per heavy atom. The van der Waals surface area contributed by atoms with E-state index in [0.717, 1.165) is 10.4 Å². The molecule has 7 heteroatoms. The number of nitrogens with zero attached hydrogens (tertiary/aromatic N) is 1. The molecule has 0 aliphatic rings. The molecule has 0 saturated heterocycles. The fourth-order valence-electron chi connectivity index (χ4n) is 1.85.